The fourth-order valence-corrected chi connectivity index (χ4v) is 2.95. The Labute approximate surface area is 121 Å². The number of hydrogen-bond acceptors (Lipinski definition) is 3. The molecule has 4 rings (SSSR count). The Morgan fingerprint density at radius 1 is 1.25 bits per heavy atom. The Bertz CT molecular complexity index is 784. The predicted molar refractivity (Wildman–Crippen MR) is 77.2 cm³/mol. The van der Waals surface area contributed by atoms with Crippen molar-refractivity contribution in [3.63, 3.8) is 0 Å². The van der Waals surface area contributed by atoms with Crippen LogP contribution >= 0.6 is 11.6 Å². The van der Waals surface area contributed by atoms with E-state index in [0.29, 0.717) is 12.5 Å². The van der Waals surface area contributed by atoms with E-state index in [4.69, 9.17) is 16.3 Å². The summed E-state index contributed by atoms with van der Waals surface area (Å²) >= 11 is 6.06. The molecule has 0 radical (unpaired) electrons. The van der Waals surface area contributed by atoms with Gasteiger partial charge in [-0.1, -0.05) is 18.2 Å². The van der Waals surface area contributed by atoms with Gasteiger partial charge in [-0.15, -0.1) is 11.6 Å². The van der Waals surface area contributed by atoms with Crippen molar-refractivity contribution in [2.75, 3.05) is 6.61 Å². The first kappa shape index (κ1) is 11.7. The smallest absolute Gasteiger partial charge is 0.160 e. The second kappa shape index (κ2) is 4.49. The van der Waals surface area contributed by atoms with Crippen molar-refractivity contribution in [2.24, 2.45) is 0 Å². The molecule has 0 spiro atoms. The van der Waals surface area contributed by atoms with Gasteiger partial charge in [0.15, 0.2) is 5.65 Å². The number of rotatable bonds is 2. The molecule has 4 nitrogen and oxygen atoms in total. The van der Waals surface area contributed by atoms with E-state index in [-0.39, 0.29) is 6.04 Å². The number of benzene rings is 1. The number of alkyl halides is 1. The molecular weight excluding hydrogens is 274 g/mol. The molecule has 1 aliphatic heterocycles. The molecule has 100 valence electrons. The van der Waals surface area contributed by atoms with Gasteiger partial charge in [0.2, 0.25) is 0 Å². The minimum absolute atomic E-state index is 0.0832. The average molecular weight is 286 g/mol. The number of imidazole rings is 1. The molecule has 20 heavy (non-hydrogen) atoms. The van der Waals surface area contributed by atoms with Gasteiger partial charge in [0, 0.05) is 11.8 Å². The number of ether oxygens (including phenoxy) is 1. The zero-order valence-corrected chi connectivity index (χ0v) is 11.4. The topological polar surface area (TPSA) is 39.9 Å². The highest BCUT2D eigenvalue weighted by atomic mass is 35.5. The number of aromatic nitrogens is 3. The van der Waals surface area contributed by atoms with Gasteiger partial charge < -0.3 is 9.30 Å². The number of para-hydroxylation sites is 1. The number of halogens is 1. The third-order valence-corrected chi connectivity index (χ3v) is 3.87. The highest BCUT2D eigenvalue weighted by Crippen LogP contribution is 2.36. The largest absolute Gasteiger partial charge is 0.491 e. The molecular formula is C15H12ClN3O. The van der Waals surface area contributed by atoms with Crippen molar-refractivity contribution < 1.29 is 4.74 Å². The summed E-state index contributed by atoms with van der Waals surface area (Å²) in [6.07, 6.45) is 1.78. The van der Waals surface area contributed by atoms with Gasteiger partial charge in [-0.25, -0.2) is 9.97 Å². The molecule has 5 heteroatoms. The lowest BCUT2D eigenvalue weighted by Crippen LogP contribution is -2.15. The Morgan fingerprint density at radius 3 is 3.05 bits per heavy atom. The zero-order valence-electron chi connectivity index (χ0n) is 10.7. The molecule has 0 amide bonds. The van der Waals surface area contributed by atoms with Crippen LogP contribution in [0.4, 0.5) is 0 Å². The minimum atomic E-state index is 0.0832. The van der Waals surface area contributed by atoms with Crippen LogP contribution in [0.3, 0.4) is 0 Å². The van der Waals surface area contributed by atoms with Crippen LogP contribution in [-0.4, -0.2) is 21.1 Å². The fraction of sp³-hybridized carbons (Fsp3) is 0.200. The Hall–Kier alpha value is -2.07. The van der Waals surface area contributed by atoms with Crippen molar-refractivity contribution in [2.45, 2.75) is 11.9 Å². The molecule has 0 N–H and O–H groups in total. The highest BCUT2D eigenvalue weighted by molar-refractivity contribution is 6.16. The molecule has 3 heterocycles. The van der Waals surface area contributed by atoms with Crippen molar-refractivity contribution >= 4 is 22.8 Å². The summed E-state index contributed by atoms with van der Waals surface area (Å²) in [4.78, 5) is 9.02. The van der Waals surface area contributed by atoms with Crippen LogP contribution in [0, 0.1) is 0 Å². The Balaban J connectivity index is 1.95. The molecule has 0 bridgehead atoms. The van der Waals surface area contributed by atoms with Crippen LogP contribution < -0.4 is 4.74 Å². The van der Waals surface area contributed by atoms with E-state index in [9.17, 15) is 0 Å². The lowest BCUT2D eigenvalue weighted by Gasteiger charge is -2.14. The van der Waals surface area contributed by atoms with Crippen molar-refractivity contribution in [3.8, 4) is 5.75 Å². The van der Waals surface area contributed by atoms with Crippen LogP contribution in [0.2, 0.25) is 0 Å². The maximum atomic E-state index is 6.06. The third-order valence-electron chi connectivity index (χ3n) is 3.63. The Morgan fingerprint density at radius 2 is 2.15 bits per heavy atom. The van der Waals surface area contributed by atoms with Gasteiger partial charge in [-0.3, -0.25) is 0 Å². The summed E-state index contributed by atoms with van der Waals surface area (Å²) in [5.74, 6) is 2.11. The summed E-state index contributed by atoms with van der Waals surface area (Å²) in [5, 5.41) is 0. The molecule has 1 aliphatic rings. The summed E-state index contributed by atoms with van der Waals surface area (Å²) in [6, 6.07) is 12.0. The second-order valence-electron chi connectivity index (χ2n) is 4.74. The van der Waals surface area contributed by atoms with Crippen molar-refractivity contribution in [1.29, 1.82) is 0 Å². The predicted octanol–water partition coefficient (Wildman–Crippen LogP) is 3.15. The van der Waals surface area contributed by atoms with Crippen molar-refractivity contribution in [3.05, 3.63) is 54.0 Å². The SMILES string of the molecule is ClCc1nc2cccnc2n1C1COc2ccccc21. The van der Waals surface area contributed by atoms with Gasteiger partial charge in [-0.05, 0) is 18.2 Å². The molecule has 0 fully saturated rings. The molecule has 0 saturated heterocycles. The van der Waals surface area contributed by atoms with E-state index in [1.165, 1.54) is 0 Å². The standard InChI is InChI=1S/C15H12ClN3O/c16-8-14-18-11-5-3-7-17-15(11)19(14)12-9-20-13-6-2-1-4-10(12)13/h1-7,12H,8-9H2. The summed E-state index contributed by atoms with van der Waals surface area (Å²) in [7, 11) is 0. The lowest BCUT2D eigenvalue weighted by atomic mass is 10.1. The molecule has 0 saturated carbocycles. The van der Waals surface area contributed by atoms with E-state index >= 15 is 0 Å². The number of pyridine rings is 1. The molecule has 2 aromatic heterocycles. The van der Waals surface area contributed by atoms with Gasteiger partial charge >= 0.3 is 0 Å². The normalized spacial score (nSPS) is 17.1. The van der Waals surface area contributed by atoms with Crippen LogP contribution in [0.5, 0.6) is 5.75 Å². The lowest BCUT2D eigenvalue weighted by molar-refractivity contribution is 0.316. The van der Waals surface area contributed by atoms with E-state index in [0.717, 1.165) is 28.3 Å². The van der Waals surface area contributed by atoms with Crippen LogP contribution in [0.1, 0.15) is 17.4 Å². The molecule has 1 unspecified atom stereocenters. The zero-order chi connectivity index (χ0) is 13.5. The monoisotopic (exact) mass is 285 g/mol. The average Bonchev–Trinajstić information content (AvgIpc) is 3.07. The number of hydrogen-bond donors (Lipinski definition) is 0. The third kappa shape index (κ3) is 1.61. The van der Waals surface area contributed by atoms with Gasteiger partial charge in [0.1, 0.15) is 23.7 Å². The van der Waals surface area contributed by atoms with Crippen LogP contribution in [0.25, 0.3) is 11.2 Å². The van der Waals surface area contributed by atoms with E-state index < -0.39 is 0 Å². The van der Waals surface area contributed by atoms with E-state index in [1.807, 2.05) is 30.3 Å². The summed E-state index contributed by atoms with van der Waals surface area (Å²) < 4.78 is 7.86. The highest BCUT2D eigenvalue weighted by Gasteiger charge is 2.28. The maximum Gasteiger partial charge on any atom is 0.160 e. The first-order valence-corrected chi connectivity index (χ1v) is 7.01. The van der Waals surface area contributed by atoms with E-state index in [2.05, 4.69) is 20.6 Å². The van der Waals surface area contributed by atoms with E-state index in [1.54, 1.807) is 6.20 Å². The van der Waals surface area contributed by atoms with Crippen LogP contribution in [0.15, 0.2) is 42.6 Å². The second-order valence-corrected chi connectivity index (χ2v) is 5.01. The van der Waals surface area contributed by atoms with Gasteiger partial charge in [0.25, 0.3) is 0 Å². The molecule has 1 aromatic carbocycles. The quantitative estimate of drug-likeness (QED) is 0.679. The first-order valence-electron chi connectivity index (χ1n) is 6.48. The minimum Gasteiger partial charge on any atom is -0.491 e. The summed E-state index contributed by atoms with van der Waals surface area (Å²) in [6.45, 7) is 0.589. The fourth-order valence-electron chi connectivity index (χ4n) is 2.76. The van der Waals surface area contributed by atoms with Gasteiger partial charge in [-0.2, -0.15) is 0 Å². The number of fused-ring (bicyclic) bond motifs is 2. The summed E-state index contributed by atoms with van der Waals surface area (Å²) in [5.41, 5.74) is 2.88. The van der Waals surface area contributed by atoms with Crippen LogP contribution in [-0.2, 0) is 5.88 Å². The van der Waals surface area contributed by atoms with Crippen molar-refractivity contribution in [1.82, 2.24) is 14.5 Å². The molecule has 1 atom stereocenters. The molecule has 3 aromatic rings. The Kier molecular flexibility index (Phi) is 2.63. The number of nitrogens with zero attached hydrogens (tertiary/aromatic N) is 3. The maximum absolute atomic E-state index is 6.06. The first-order chi connectivity index (χ1) is 9.88. The van der Waals surface area contributed by atoms with Gasteiger partial charge in [0.05, 0.1) is 11.9 Å². The molecule has 0 aliphatic carbocycles.